The van der Waals surface area contributed by atoms with E-state index in [1.807, 2.05) is 6.07 Å². The van der Waals surface area contributed by atoms with Gasteiger partial charge in [0.05, 0.1) is 27.2 Å². The molecule has 1 aliphatic heterocycles. The van der Waals surface area contributed by atoms with E-state index in [0.717, 1.165) is 12.1 Å². The van der Waals surface area contributed by atoms with Crippen molar-refractivity contribution < 1.29 is 19.0 Å². The molecule has 1 atom stereocenters. The van der Waals surface area contributed by atoms with E-state index in [9.17, 15) is 4.79 Å². The van der Waals surface area contributed by atoms with Gasteiger partial charge in [0.2, 0.25) is 5.91 Å². The predicted octanol–water partition coefficient (Wildman–Crippen LogP) is 3.43. The van der Waals surface area contributed by atoms with E-state index < -0.39 is 0 Å². The lowest BCUT2D eigenvalue weighted by atomic mass is 10.0. The van der Waals surface area contributed by atoms with Crippen LogP contribution in [0.5, 0.6) is 11.5 Å². The molecule has 1 aromatic heterocycles. The first kappa shape index (κ1) is 16.8. The fraction of sp³-hybridized carbons (Fsp3) is 0.389. The lowest BCUT2D eigenvalue weighted by Crippen LogP contribution is -2.29. The zero-order valence-electron chi connectivity index (χ0n) is 14.1. The first-order valence-electron chi connectivity index (χ1n) is 7.80. The summed E-state index contributed by atoms with van der Waals surface area (Å²) in [6.07, 6.45) is 1.11. The largest absolute Gasteiger partial charge is 0.493 e. The van der Waals surface area contributed by atoms with E-state index in [0.29, 0.717) is 24.5 Å². The molecule has 2 heterocycles. The number of thiophene rings is 1. The van der Waals surface area contributed by atoms with Crippen molar-refractivity contribution in [3.8, 4) is 11.5 Å². The van der Waals surface area contributed by atoms with E-state index in [2.05, 4.69) is 11.4 Å². The number of methoxy groups -OCH3 is 2. The van der Waals surface area contributed by atoms with Gasteiger partial charge in [0.1, 0.15) is 6.10 Å². The molecule has 0 aliphatic carbocycles. The summed E-state index contributed by atoms with van der Waals surface area (Å²) in [7, 11) is 4.94. The van der Waals surface area contributed by atoms with Crippen molar-refractivity contribution in [3.05, 3.63) is 40.1 Å². The van der Waals surface area contributed by atoms with Gasteiger partial charge in [-0.15, -0.1) is 11.3 Å². The number of rotatable bonds is 5. The number of nitrogens with zero attached hydrogens (tertiary/aromatic N) is 1. The summed E-state index contributed by atoms with van der Waals surface area (Å²) >= 11 is 1.66. The molecule has 1 aromatic carbocycles. The highest BCUT2D eigenvalue weighted by Crippen LogP contribution is 2.35. The van der Waals surface area contributed by atoms with Gasteiger partial charge in [-0.3, -0.25) is 4.79 Å². The summed E-state index contributed by atoms with van der Waals surface area (Å²) in [5, 5.41) is 2.06. The average molecular weight is 347 g/mol. The minimum atomic E-state index is -0.149. The number of carbonyl (C=O) groups excluding carboxylic acids is 1. The summed E-state index contributed by atoms with van der Waals surface area (Å²) in [5.74, 6) is 1.25. The number of amides is 1. The molecule has 24 heavy (non-hydrogen) atoms. The lowest BCUT2D eigenvalue weighted by molar-refractivity contribution is -0.121. The van der Waals surface area contributed by atoms with Gasteiger partial charge < -0.3 is 19.1 Å². The molecule has 0 spiro atoms. The molecule has 5 nitrogen and oxygen atoms in total. The first-order chi connectivity index (χ1) is 11.6. The van der Waals surface area contributed by atoms with Crippen LogP contribution in [0.15, 0.2) is 29.6 Å². The zero-order chi connectivity index (χ0) is 17.1. The monoisotopic (exact) mass is 347 g/mol. The summed E-state index contributed by atoms with van der Waals surface area (Å²) in [4.78, 5) is 15.5. The second kappa shape index (κ2) is 7.23. The van der Waals surface area contributed by atoms with Crippen LogP contribution in [0.1, 0.15) is 23.0 Å². The number of hydrogen-bond donors (Lipinski definition) is 0. The second-order valence-corrected chi connectivity index (χ2v) is 6.56. The van der Waals surface area contributed by atoms with Gasteiger partial charge in [-0.25, -0.2) is 0 Å². The normalized spacial score (nSPS) is 16.4. The topological polar surface area (TPSA) is 48.0 Å². The number of benzene rings is 1. The van der Waals surface area contributed by atoms with Crippen molar-refractivity contribution in [1.29, 1.82) is 0 Å². The quantitative estimate of drug-likeness (QED) is 0.831. The van der Waals surface area contributed by atoms with Crippen LogP contribution in [-0.4, -0.2) is 33.8 Å². The zero-order valence-corrected chi connectivity index (χ0v) is 14.9. The Bertz CT molecular complexity index is 728. The first-order valence-corrected chi connectivity index (χ1v) is 8.68. The van der Waals surface area contributed by atoms with Gasteiger partial charge in [0.25, 0.3) is 0 Å². The molecule has 0 fully saturated rings. The number of ether oxygens (including phenoxy) is 3. The molecule has 128 valence electrons. The van der Waals surface area contributed by atoms with Crippen LogP contribution >= 0.6 is 11.3 Å². The van der Waals surface area contributed by atoms with E-state index in [1.54, 1.807) is 49.6 Å². The molecule has 0 bridgehead atoms. The minimum absolute atomic E-state index is 0.00784. The molecule has 2 aromatic rings. The molecule has 1 amide bonds. The number of anilines is 1. The Balaban J connectivity index is 1.74. The lowest BCUT2D eigenvalue weighted by Gasteiger charge is -2.25. The van der Waals surface area contributed by atoms with Crippen molar-refractivity contribution in [3.63, 3.8) is 0 Å². The van der Waals surface area contributed by atoms with Crippen molar-refractivity contribution in [1.82, 2.24) is 0 Å². The van der Waals surface area contributed by atoms with Crippen molar-refractivity contribution >= 4 is 22.9 Å². The summed E-state index contributed by atoms with van der Waals surface area (Å²) < 4.78 is 16.4. The Morgan fingerprint density at radius 3 is 2.83 bits per heavy atom. The van der Waals surface area contributed by atoms with Crippen molar-refractivity contribution in [2.75, 3.05) is 32.8 Å². The Morgan fingerprint density at radius 2 is 2.08 bits per heavy atom. The third-order valence-electron chi connectivity index (χ3n) is 4.25. The van der Waals surface area contributed by atoms with Crippen LogP contribution in [0, 0.1) is 0 Å². The van der Waals surface area contributed by atoms with Crippen LogP contribution in [0.2, 0.25) is 0 Å². The Morgan fingerprint density at radius 1 is 1.29 bits per heavy atom. The van der Waals surface area contributed by atoms with Crippen LogP contribution in [-0.2, 0) is 16.0 Å². The molecular formula is C18H21NO4S. The SMILES string of the molecule is COc1ccc(N(C)C(=O)C[C@H]2OCCc3ccsc32)cc1OC. The molecule has 1 aliphatic rings. The van der Waals surface area contributed by atoms with Gasteiger partial charge in [0.15, 0.2) is 11.5 Å². The smallest absolute Gasteiger partial charge is 0.229 e. The van der Waals surface area contributed by atoms with Crippen molar-refractivity contribution in [2.45, 2.75) is 18.9 Å². The molecule has 0 radical (unpaired) electrons. The standard InChI is InChI=1S/C18H21NO4S/c1-19(13-4-5-14(21-2)15(10-13)22-3)17(20)11-16-18-12(6-8-23-16)7-9-24-18/h4-5,7,9-10,16H,6,8,11H2,1-3H3/t16-/m1/s1. The van der Waals surface area contributed by atoms with Crippen LogP contribution in [0.3, 0.4) is 0 Å². The second-order valence-electron chi connectivity index (χ2n) is 5.62. The average Bonchev–Trinajstić information content (AvgIpc) is 3.10. The Hall–Kier alpha value is -2.05. The number of carbonyl (C=O) groups is 1. The fourth-order valence-electron chi connectivity index (χ4n) is 2.85. The predicted molar refractivity (Wildman–Crippen MR) is 94.3 cm³/mol. The van der Waals surface area contributed by atoms with Gasteiger partial charge in [0, 0.05) is 23.7 Å². The Kier molecular flexibility index (Phi) is 5.06. The fourth-order valence-corrected chi connectivity index (χ4v) is 3.85. The molecular weight excluding hydrogens is 326 g/mol. The van der Waals surface area contributed by atoms with E-state index in [-0.39, 0.29) is 12.0 Å². The van der Waals surface area contributed by atoms with Gasteiger partial charge in [-0.05, 0) is 35.6 Å². The van der Waals surface area contributed by atoms with E-state index in [4.69, 9.17) is 14.2 Å². The van der Waals surface area contributed by atoms with Gasteiger partial charge in [-0.1, -0.05) is 0 Å². The molecule has 0 saturated carbocycles. The van der Waals surface area contributed by atoms with Crippen LogP contribution < -0.4 is 14.4 Å². The van der Waals surface area contributed by atoms with Gasteiger partial charge >= 0.3 is 0 Å². The summed E-state index contributed by atoms with van der Waals surface area (Å²) in [5.41, 5.74) is 2.07. The number of hydrogen-bond acceptors (Lipinski definition) is 5. The highest BCUT2D eigenvalue weighted by molar-refractivity contribution is 7.10. The highest BCUT2D eigenvalue weighted by atomic mass is 32.1. The summed E-state index contributed by atoms with van der Waals surface area (Å²) in [6, 6.07) is 7.57. The van der Waals surface area contributed by atoms with Crippen LogP contribution in [0.4, 0.5) is 5.69 Å². The molecule has 0 saturated heterocycles. The molecule has 3 rings (SSSR count). The third kappa shape index (κ3) is 3.25. The number of fused-ring (bicyclic) bond motifs is 1. The minimum Gasteiger partial charge on any atom is -0.493 e. The van der Waals surface area contributed by atoms with E-state index >= 15 is 0 Å². The Labute approximate surface area is 145 Å². The van der Waals surface area contributed by atoms with E-state index in [1.165, 1.54) is 10.4 Å². The molecule has 0 N–H and O–H groups in total. The molecule has 6 heteroatoms. The van der Waals surface area contributed by atoms with Crippen LogP contribution in [0.25, 0.3) is 0 Å². The maximum Gasteiger partial charge on any atom is 0.229 e. The van der Waals surface area contributed by atoms with Gasteiger partial charge in [-0.2, -0.15) is 0 Å². The highest BCUT2D eigenvalue weighted by Gasteiger charge is 2.26. The third-order valence-corrected chi connectivity index (χ3v) is 5.30. The maximum atomic E-state index is 12.7. The summed E-state index contributed by atoms with van der Waals surface area (Å²) in [6.45, 7) is 0.668. The maximum absolute atomic E-state index is 12.7. The van der Waals surface area contributed by atoms with Crippen molar-refractivity contribution in [2.24, 2.45) is 0 Å². The molecule has 0 unspecified atom stereocenters.